The zero-order valence-corrected chi connectivity index (χ0v) is 13.0. The number of benzene rings is 1. The van der Waals surface area contributed by atoms with Gasteiger partial charge in [-0.3, -0.25) is 9.69 Å². The molecule has 4 nitrogen and oxygen atoms in total. The molecule has 4 heteroatoms. The maximum absolute atomic E-state index is 11.6. The SMILES string of the molecule is CC(=O)N1CCN(Cc2cccc3[nH]ccc23)C(C)(C)C1. The average Bonchev–Trinajstić information content (AvgIpc) is 2.89. The molecule has 1 aliphatic rings. The van der Waals surface area contributed by atoms with Gasteiger partial charge in [-0.15, -0.1) is 0 Å². The molecule has 0 spiro atoms. The Labute approximate surface area is 125 Å². The maximum atomic E-state index is 11.6. The summed E-state index contributed by atoms with van der Waals surface area (Å²) in [5, 5.41) is 1.29. The molecule has 0 bridgehead atoms. The van der Waals surface area contributed by atoms with E-state index in [1.807, 2.05) is 11.1 Å². The Balaban J connectivity index is 1.82. The lowest BCUT2D eigenvalue weighted by Gasteiger charge is -2.47. The highest BCUT2D eigenvalue weighted by molar-refractivity contribution is 5.82. The first-order valence-electron chi connectivity index (χ1n) is 7.53. The van der Waals surface area contributed by atoms with Gasteiger partial charge in [-0.1, -0.05) is 12.1 Å². The number of aromatic nitrogens is 1. The molecule has 1 aliphatic heterocycles. The zero-order chi connectivity index (χ0) is 15.0. The van der Waals surface area contributed by atoms with Gasteiger partial charge in [-0.2, -0.15) is 0 Å². The molecule has 0 aliphatic carbocycles. The minimum absolute atomic E-state index is 0.00237. The Bertz CT molecular complexity index is 659. The van der Waals surface area contributed by atoms with Gasteiger partial charge in [0.25, 0.3) is 0 Å². The summed E-state index contributed by atoms with van der Waals surface area (Å²) in [7, 11) is 0. The molecule has 1 amide bonds. The second-order valence-corrected chi connectivity index (χ2v) is 6.53. The third-order valence-electron chi connectivity index (χ3n) is 4.57. The molecule has 1 aromatic heterocycles. The van der Waals surface area contributed by atoms with Crippen molar-refractivity contribution in [1.82, 2.24) is 14.8 Å². The Morgan fingerprint density at radius 2 is 2.10 bits per heavy atom. The third-order valence-corrected chi connectivity index (χ3v) is 4.57. The van der Waals surface area contributed by atoms with Crippen molar-refractivity contribution in [2.45, 2.75) is 32.9 Å². The highest BCUT2D eigenvalue weighted by Crippen LogP contribution is 2.26. The van der Waals surface area contributed by atoms with E-state index in [0.717, 1.165) is 26.2 Å². The second kappa shape index (κ2) is 5.19. The molecule has 2 aromatic rings. The molecule has 0 saturated carbocycles. The van der Waals surface area contributed by atoms with Crippen LogP contribution in [-0.4, -0.2) is 45.9 Å². The van der Waals surface area contributed by atoms with E-state index in [1.54, 1.807) is 6.92 Å². The van der Waals surface area contributed by atoms with E-state index in [9.17, 15) is 4.79 Å². The zero-order valence-electron chi connectivity index (χ0n) is 13.0. The summed E-state index contributed by atoms with van der Waals surface area (Å²) in [5.41, 5.74) is 2.54. The van der Waals surface area contributed by atoms with E-state index in [0.29, 0.717) is 0 Å². The van der Waals surface area contributed by atoms with Gasteiger partial charge in [0.05, 0.1) is 0 Å². The van der Waals surface area contributed by atoms with Crippen molar-refractivity contribution in [2.24, 2.45) is 0 Å². The Hall–Kier alpha value is -1.81. The lowest BCUT2D eigenvalue weighted by atomic mass is 9.97. The van der Waals surface area contributed by atoms with Crippen LogP contribution in [0.25, 0.3) is 10.9 Å². The number of hydrogen-bond acceptors (Lipinski definition) is 2. The van der Waals surface area contributed by atoms with E-state index in [4.69, 9.17) is 0 Å². The number of nitrogens with zero attached hydrogens (tertiary/aromatic N) is 2. The van der Waals surface area contributed by atoms with Crippen molar-refractivity contribution in [3.05, 3.63) is 36.0 Å². The van der Waals surface area contributed by atoms with E-state index in [-0.39, 0.29) is 11.4 Å². The third kappa shape index (κ3) is 2.68. The van der Waals surface area contributed by atoms with Gasteiger partial charge in [0.1, 0.15) is 0 Å². The van der Waals surface area contributed by atoms with Crippen LogP contribution in [-0.2, 0) is 11.3 Å². The van der Waals surface area contributed by atoms with Crippen LogP contribution in [0.3, 0.4) is 0 Å². The summed E-state index contributed by atoms with van der Waals surface area (Å²) in [5.74, 6) is 0.176. The molecule has 1 N–H and O–H groups in total. The predicted molar refractivity (Wildman–Crippen MR) is 85.0 cm³/mol. The minimum atomic E-state index is 0.00237. The lowest BCUT2D eigenvalue weighted by Crippen LogP contribution is -2.59. The number of carbonyl (C=O) groups is 1. The number of aromatic amines is 1. The van der Waals surface area contributed by atoms with E-state index < -0.39 is 0 Å². The van der Waals surface area contributed by atoms with Crippen LogP contribution in [0.15, 0.2) is 30.5 Å². The predicted octanol–water partition coefficient (Wildman–Crippen LogP) is 2.61. The van der Waals surface area contributed by atoms with Gasteiger partial charge >= 0.3 is 0 Å². The van der Waals surface area contributed by atoms with Gasteiger partial charge < -0.3 is 9.88 Å². The molecule has 0 atom stereocenters. The number of piperazine rings is 1. The summed E-state index contributed by atoms with van der Waals surface area (Å²) in [6, 6.07) is 8.55. The van der Waals surface area contributed by atoms with Crippen LogP contribution >= 0.6 is 0 Å². The molecule has 1 saturated heterocycles. The van der Waals surface area contributed by atoms with Gasteiger partial charge in [0.2, 0.25) is 5.91 Å². The van der Waals surface area contributed by atoms with Gasteiger partial charge in [0.15, 0.2) is 0 Å². The number of hydrogen-bond donors (Lipinski definition) is 1. The second-order valence-electron chi connectivity index (χ2n) is 6.53. The number of fused-ring (bicyclic) bond motifs is 1. The largest absolute Gasteiger partial charge is 0.361 e. The van der Waals surface area contributed by atoms with Crippen LogP contribution in [0, 0.1) is 0 Å². The first-order chi connectivity index (χ1) is 9.97. The maximum Gasteiger partial charge on any atom is 0.219 e. The lowest BCUT2D eigenvalue weighted by molar-refractivity contribution is -0.134. The van der Waals surface area contributed by atoms with E-state index in [2.05, 4.69) is 48.0 Å². The molecular formula is C17H23N3O. The summed E-state index contributed by atoms with van der Waals surface area (Å²) < 4.78 is 0. The van der Waals surface area contributed by atoms with Crippen molar-refractivity contribution in [3.8, 4) is 0 Å². The van der Waals surface area contributed by atoms with Crippen LogP contribution in [0.1, 0.15) is 26.3 Å². The molecule has 1 aromatic carbocycles. The van der Waals surface area contributed by atoms with Crippen molar-refractivity contribution in [2.75, 3.05) is 19.6 Å². The summed E-state index contributed by atoms with van der Waals surface area (Å²) in [6.07, 6.45) is 1.99. The van der Waals surface area contributed by atoms with Crippen LogP contribution in [0.5, 0.6) is 0 Å². The van der Waals surface area contributed by atoms with Gasteiger partial charge in [0, 0.05) is 55.7 Å². The number of amides is 1. The first kappa shape index (κ1) is 14.1. The fourth-order valence-corrected chi connectivity index (χ4v) is 3.25. The van der Waals surface area contributed by atoms with Crippen LogP contribution < -0.4 is 0 Å². The first-order valence-corrected chi connectivity index (χ1v) is 7.53. The number of H-pyrrole nitrogens is 1. The van der Waals surface area contributed by atoms with Crippen molar-refractivity contribution >= 4 is 16.8 Å². The Kier molecular flexibility index (Phi) is 3.49. The molecular weight excluding hydrogens is 262 g/mol. The Morgan fingerprint density at radius 3 is 2.81 bits per heavy atom. The van der Waals surface area contributed by atoms with E-state index in [1.165, 1.54) is 16.5 Å². The molecule has 0 unspecified atom stereocenters. The molecule has 1 fully saturated rings. The summed E-state index contributed by atoms with van der Waals surface area (Å²) in [6.45, 7) is 9.57. The molecule has 21 heavy (non-hydrogen) atoms. The quantitative estimate of drug-likeness (QED) is 0.921. The average molecular weight is 285 g/mol. The molecule has 2 heterocycles. The molecule has 0 radical (unpaired) electrons. The standard InChI is InChI=1S/C17H23N3O/c1-13(21)19-9-10-20(17(2,3)12-19)11-14-5-4-6-16-15(14)7-8-18-16/h4-8,18H,9-12H2,1-3H3. The van der Waals surface area contributed by atoms with Crippen LogP contribution in [0.4, 0.5) is 0 Å². The minimum Gasteiger partial charge on any atom is -0.361 e. The van der Waals surface area contributed by atoms with Crippen LogP contribution in [0.2, 0.25) is 0 Å². The fraction of sp³-hybridized carbons (Fsp3) is 0.471. The highest BCUT2D eigenvalue weighted by Gasteiger charge is 2.34. The normalized spacial score (nSPS) is 19.1. The summed E-state index contributed by atoms with van der Waals surface area (Å²) >= 11 is 0. The smallest absolute Gasteiger partial charge is 0.219 e. The molecule has 112 valence electrons. The van der Waals surface area contributed by atoms with Crippen molar-refractivity contribution in [3.63, 3.8) is 0 Å². The molecule has 3 rings (SSSR count). The summed E-state index contributed by atoms with van der Waals surface area (Å²) in [4.78, 5) is 19.3. The Morgan fingerprint density at radius 1 is 1.29 bits per heavy atom. The highest BCUT2D eigenvalue weighted by atomic mass is 16.2. The number of rotatable bonds is 2. The topological polar surface area (TPSA) is 39.3 Å². The van der Waals surface area contributed by atoms with Gasteiger partial charge in [-0.05, 0) is 31.5 Å². The number of carbonyl (C=O) groups excluding carboxylic acids is 1. The monoisotopic (exact) mass is 285 g/mol. The number of nitrogens with one attached hydrogen (secondary N) is 1. The van der Waals surface area contributed by atoms with Crippen molar-refractivity contribution < 1.29 is 4.79 Å². The fourth-order valence-electron chi connectivity index (χ4n) is 3.25. The van der Waals surface area contributed by atoms with Gasteiger partial charge in [-0.25, -0.2) is 0 Å². The van der Waals surface area contributed by atoms with E-state index >= 15 is 0 Å². The van der Waals surface area contributed by atoms with Crippen molar-refractivity contribution in [1.29, 1.82) is 0 Å².